The van der Waals surface area contributed by atoms with Crippen LogP contribution in [0.1, 0.15) is 17.3 Å². The lowest BCUT2D eigenvalue weighted by atomic mass is 10.0. The molecule has 20 heavy (non-hydrogen) atoms. The van der Waals surface area contributed by atoms with Crippen LogP contribution in [0.4, 0.5) is 0 Å². The van der Waals surface area contributed by atoms with E-state index in [9.17, 15) is 18.0 Å². The van der Waals surface area contributed by atoms with Crippen molar-refractivity contribution in [2.75, 3.05) is 0 Å². The fraction of sp³-hybridized carbons (Fsp3) is 0.0769. The van der Waals surface area contributed by atoms with Gasteiger partial charge in [-0.3, -0.25) is 4.79 Å². The predicted octanol–water partition coefficient (Wildman–Crippen LogP) is 1.36. The molecular weight excluding hydrogens is 282 g/mol. The molecule has 2 rings (SSSR count). The van der Waals surface area contributed by atoms with Crippen LogP contribution >= 0.6 is 0 Å². The van der Waals surface area contributed by atoms with Crippen molar-refractivity contribution >= 4 is 32.7 Å². The quantitative estimate of drug-likeness (QED) is 0.890. The summed E-state index contributed by atoms with van der Waals surface area (Å²) >= 11 is 0. The van der Waals surface area contributed by atoms with E-state index in [2.05, 4.69) is 0 Å². The van der Waals surface area contributed by atoms with Gasteiger partial charge in [-0.2, -0.15) is 0 Å². The monoisotopic (exact) mass is 293 g/mol. The molecule has 0 radical (unpaired) electrons. The molecule has 0 saturated heterocycles. The smallest absolute Gasteiger partial charge is 0.336 e. The molecule has 0 spiro atoms. The highest BCUT2D eigenvalue weighted by atomic mass is 32.2. The maximum atomic E-state index is 12.1. The van der Waals surface area contributed by atoms with Gasteiger partial charge in [0.1, 0.15) is 0 Å². The Balaban J connectivity index is 2.78. The van der Waals surface area contributed by atoms with Crippen LogP contribution in [0, 0.1) is 0 Å². The highest BCUT2D eigenvalue weighted by Gasteiger charge is 2.21. The largest absolute Gasteiger partial charge is 0.478 e. The van der Waals surface area contributed by atoms with E-state index >= 15 is 0 Å². The van der Waals surface area contributed by atoms with Crippen LogP contribution in [0.2, 0.25) is 0 Å². The Kier molecular flexibility index (Phi) is 3.46. The van der Waals surface area contributed by atoms with Crippen LogP contribution in [0.15, 0.2) is 41.3 Å². The Morgan fingerprint density at radius 2 is 1.65 bits per heavy atom. The topological polar surface area (TPSA) is 101 Å². The Labute approximate surface area is 115 Å². The van der Waals surface area contributed by atoms with Crippen LogP contribution in [0.5, 0.6) is 0 Å². The van der Waals surface area contributed by atoms with Gasteiger partial charge >= 0.3 is 5.97 Å². The molecule has 0 heterocycles. The van der Waals surface area contributed by atoms with Gasteiger partial charge in [0.15, 0.2) is 0 Å². The Morgan fingerprint density at radius 1 is 1.05 bits per heavy atom. The molecular formula is C13H11NO5S. The molecule has 0 saturated carbocycles. The first-order chi connectivity index (χ1) is 9.33. The number of carbonyl (C=O) groups excluding carboxylic acids is 1. The fourth-order valence-corrected chi connectivity index (χ4v) is 3.14. The molecule has 0 aromatic heterocycles. The summed E-state index contributed by atoms with van der Waals surface area (Å²) in [6.45, 7) is 1.09. The van der Waals surface area contributed by atoms with Crippen molar-refractivity contribution in [1.29, 1.82) is 0 Å². The molecule has 0 unspecified atom stereocenters. The zero-order chi connectivity index (χ0) is 14.9. The first-order valence-electron chi connectivity index (χ1n) is 5.61. The average molecular weight is 293 g/mol. The lowest BCUT2D eigenvalue weighted by Gasteiger charge is -2.10. The molecule has 2 aromatic carbocycles. The number of hydrogen-bond donors (Lipinski definition) is 2. The van der Waals surface area contributed by atoms with E-state index in [0.29, 0.717) is 5.39 Å². The van der Waals surface area contributed by atoms with Gasteiger partial charge in [0.25, 0.3) is 10.0 Å². The lowest BCUT2D eigenvalue weighted by molar-refractivity contribution is -0.117. The second kappa shape index (κ2) is 4.93. The van der Waals surface area contributed by atoms with Gasteiger partial charge in [0, 0.05) is 12.3 Å². The van der Waals surface area contributed by atoms with E-state index in [-0.39, 0.29) is 15.8 Å². The van der Waals surface area contributed by atoms with Crippen LogP contribution in [0.3, 0.4) is 0 Å². The molecule has 0 atom stereocenters. The number of fused-ring (bicyclic) bond motifs is 1. The zero-order valence-corrected chi connectivity index (χ0v) is 11.3. The molecule has 0 aliphatic carbocycles. The van der Waals surface area contributed by atoms with Crippen molar-refractivity contribution < 1.29 is 23.1 Å². The number of hydrogen-bond acceptors (Lipinski definition) is 4. The Bertz CT molecular complexity index is 811. The van der Waals surface area contributed by atoms with E-state index in [4.69, 9.17) is 5.11 Å². The summed E-state index contributed by atoms with van der Waals surface area (Å²) < 4.78 is 26.0. The SMILES string of the molecule is CC(=O)NS(=O)(=O)c1ccc(C(=O)O)c2ccccc12. The predicted molar refractivity (Wildman–Crippen MR) is 71.9 cm³/mol. The van der Waals surface area contributed by atoms with Crippen molar-refractivity contribution in [3.05, 3.63) is 42.0 Å². The maximum absolute atomic E-state index is 12.1. The van der Waals surface area contributed by atoms with Crippen LogP contribution in [-0.4, -0.2) is 25.4 Å². The highest BCUT2D eigenvalue weighted by Crippen LogP contribution is 2.26. The normalized spacial score (nSPS) is 11.2. The zero-order valence-electron chi connectivity index (χ0n) is 10.5. The van der Waals surface area contributed by atoms with Crippen molar-refractivity contribution in [1.82, 2.24) is 4.72 Å². The second-order valence-corrected chi connectivity index (χ2v) is 5.77. The number of nitrogens with one attached hydrogen (secondary N) is 1. The van der Waals surface area contributed by atoms with Crippen molar-refractivity contribution in [2.45, 2.75) is 11.8 Å². The summed E-state index contributed by atoms with van der Waals surface area (Å²) in [4.78, 5) is 22.0. The van der Waals surface area contributed by atoms with Crippen LogP contribution in [-0.2, 0) is 14.8 Å². The van der Waals surface area contributed by atoms with Gasteiger partial charge in [-0.15, -0.1) is 0 Å². The van der Waals surface area contributed by atoms with Crippen molar-refractivity contribution in [2.24, 2.45) is 0 Å². The number of carboxylic acid groups (broad SMARTS) is 1. The first kappa shape index (κ1) is 14.0. The third-order valence-corrected chi connectivity index (χ3v) is 4.17. The molecule has 1 amide bonds. The van der Waals surface area contributed by atoms with Gasteiger partial charge in [-0.05, 0) is 17.5 Å². The minimum absolute atomic E-state index is 0.00220. The molecule has 2 aromatic rings. The summed E-state index contributed by atoms with van der Waals surface area (Å²) in [6.07, 6.45) is 0. The number of carboxylic acids is 1. The molecule has 0 fully saturated rings. The minimum Gasteiger partial charge on any atom is -0.478 e. The minimum atomic E-state index is -4.02. The summed E-state index contributed by atoms with van der Waals surface area (Å²) in [7, 11) is -4.02. The Hall–Kier alpha value is -2.41. The molecule has 0 aliphatic heterocycles. The summed E-state index contributed by atoms with van der Waals surface area (Å²) in [5.74, 6) is -1.86. The van der Waals surface area contributed by atoms with Gasteiger partial charge in [0.05, 0.1) is 10.5 Å². The van der Waals surface area contributed by atoms with E-state index in [1.807, 2.05) is 4.72 Å². The van der Waals surface area contributed by atoms with Crippen molar-refractivity contribution in [3.8, 4) is 0 Å². The van der Waals surface area contributed by atoms with E-state index in [0.717, 1.165) is 6.92 Å². The van der Waals surface area contributed by atoms with Crippen molar-refractivity contribution in [3.63, 3.8) is 0 Å². The number of aromatic carboxylic acids is 1. The van der Waals surface area contributed by atoms with Gasteiger partial charge in [-0.25, -0.2) is 17.9 Å². The van der Waals surface area contributed by atoms with Gasteiger partial charge in [-0.1, -0.05) is 24.3 Å². The van der Waals surface area contributed by atoms with E-state index in [1.54, 1.807) is 12.1 Å². The van der Waals surface area contributed by atoms with E-state index < -0.39 is 21.9 Å². The number of amides is 1. The Morgan fingerprint density at radius 3 is 2.20 bits per heavy atom. The first-order valence-corrected chi connectivity index (χ1v) is 7.09. The summed E-state index contributed by atoms with van der Waals surface area (Å²) in [5, 5.41) is 9.65. The van der Waals surface area contributed by atoms with E-state index in [1.165, 1.54) is 24.3 Å². The van der Waals surface area contributed by atoms with Crippen LogP contribution < -0.4 is 4.72 Å². The van der Waals surface area contributed by atoms with Gasteiger partial charge in [0.2, 0.25) is 5.91 Å². The van der Waals surface area contributed by atoms with Gasteiger partial charge < -0.3 is 5.11 Å². The second-order valence-electron chi connectivity index (χ2n) is 4.12. The summed E-state index contributed by atoms with van der Waals surface area (Å²) in [5.41, 5.74) is 0.00220. The number of rotatable bonds is 3. The molecule has 6 nitrogen and oxygen atoms in total. The lowest BCUT2D eigenvalue weighted by Crippen LogP contribution is -2.28. The van der Waals surface area contributed by atoms with Crippen LogP contribution in [0.25, 0.3) is 10.8 Å². The molecule has 2 N–H and O–H groups in total. The molecule has 104 valence electrons. The third-order valence-electron chi connectivity index (χ3n) is 2.68. The number of sulfonamides is 1. The molecule has 7 heteroatoms. The number of benzene rings is 2. The molecule has 0 bridgehead atoms. The number of carbonyl (C=O) groups is 2. The average Bonchev–Trinajstić information content (AvgIpc) is 2.35. The molecule has 0 aliphatic rings. The maximum Gasteiger partial charge on any atom is 0.336 e. The third kappa shape index (κ3) is 2.48. The summed E-state index contributed by atoms with van der Waals surface area (Å²) in [6, 6.07) is 8.61. The standard InChI is InChI=1S/C13H11NO5S/c1-8(15)14-20(18,19)12-7-6-11(13(16)17)9-4-2-3-5-10(9)12/h2-7H,1H3,(H,14,15)(H,16,17). The fourth-order valence-electron chi connectivity index (χ4n) is 1.94. The highest BCUT2D eigenvalue weighted by molar-refractivity contribution is 7.90.